The summed E-state index contributed by atoms with van der Waals surface area (Å²) in [5.41, 5.74) is 7.76. The Morgan fingerprint density at radius 2 is 0.984 bits per heavy atom. The van der Waals surface area contributed by atoms with Gasteiger partial charge in [0, 0.05) is 53.0 Å². The minimum absolute atomic E-state index is 0. The first-order valence-corrected chi connectivity index (χ1v) is 19.0. The van der Waals surface area contributed by atoms with Crippen molar-refractivity contribution in [1.29, 1.82) is 21.0 Å². The quantitative estimate of drug-likeness (QED) is 0.0963. The van der Waals surface area contributed by atoms with E-state index in [9.17, 15) is 19.8 Å². The minimum atomic E-state index is -0.893. The predicted octanol–water partition coefficient (Wildman–Crippen LogP) is 11.4. The molecule has 0 spiro atoms. The Balaban J connectivity index is 0. The summed E-state index contributed by atoms with van der Waals surface area (Å²) < 4.78 is 30.5. The molecule has 64 heavy (non-hydrogen) atoms. The maximum Gasteiger partial charge on any atom is 0.218 e. The number of phenols is 2. The number of aromatic nitrogens is 2. The molecule has 8 rings (SSSR count). The van der Waals surface area contributed by atoms with Crippen LogP contribution in [0.15, 0.2) is 67.6 Å². The van der Waals surface area contributed by atoms with Gasteiger partial charge in [-0.05, 0) is 62.1 Å². The number of carbonyl (C=O) groups excluding carboxylic acids is 2. The molecule has 5 aromatic rings. The highest BCUT2D eigenvalue weighted by Gasteiger charge is 2.33. The number of aliphatic imine (C=N–C) groups is 2. The van der Waals surface area contributed by atoms with Crippen molar-refractivity contribution < 1.29 is 35.2 Å². The van der Waals surface area contributed by atoms with Crippen LogP contribution in [-0.2, 0) is 22.4 Å². The van der Waals surface area contributed by atoms with Gasteiger partial charge in [0.15, 0.2) is 11.5 Å². The predicted molar refractivity (Wildman–Crippen MR) is 259 cm³/mol. The van der Waals surface area contributed by atoms with Crippen molar-refractivity contribution in [2.75, 3.05) is 27.3 Å². The van der Waals surface area contributed by atoms with E-state index in [0.29, 0.717) is 0 Å². The largest absolute Gasteiger partial charge is 0.505 e. The second kappa shape index (κ2) is 23.6. The van der Waals surface area contributed by atoms with E-state index in [4.69, 9.17) is 82.9 Å². The molecule has 2 aromatic heterocycles. The van der Waals surface area contributed by atoms with Crippen molar-refractivity contribution in [3.05, 3.63) is 101 Å². The van der Waals surface area contributed by atoms with E-state index in [2.05, 4.69) is 45.9 Å². The van der Waals surface area contributed by atoms with Gasteiger partial charge in [0.05, 0.1) is 37.0 Å². The maximum absolute atomic E-state index is 11.2. The second-order valence-corrected chi connectivity index (χ2v) is 14.3. The van der Waals surface area contributed by atoms with Gasteiger partial charge in [-0.3, -0.25) is 19.6 Å². The van der Waals surface area contributed by atoms with E-state index in [0.717, 1.165) is 59.9 Å². The molecule has 0 radical (unpaired) electrons. The number of ether oxygens (including phenoxy) is 2. The van der Waals surface area contributed by atoms with Crippen LogP contribution in [0.1, 0.15) is 83.1 Å². The zero-order chi connectivity index (χ0) is 48.0. The third-order valence-corrected chi connectivity index (χ3v) is 11.1. The number of nitriles is 4. The number of allylic oxidation sites excluding steroid dienone is 4. The molecule has 14 nitrogen and oxygen atoms in total. The first kappa shape index (κ1) is 51.6. The zero-order valence-electron chi connectivity index (χ0n) is 36.0. The zero-order valence-corrected chi connectivity index (χ0v) is 35.0. The van der Waals surface area contributed by atoms with Crippen molar-refractivity contribution in [3.8, 4) is 47.3 Å². The molecule has 0 saturated carbocycles. The topological polar surface area (TPSA) is 245 Å². The van der Waals surface area contributed by atoms with E-state index in [-0.39, 0.29) is 50.9 Å². The van der Waals surface area contributed by atoms with Crippen molar-refractivity contribution in [3.63, 3.8) is 0 Å². The maximum atomic E-state index is 11.2. The number of fused-ring (bicyclic) bond motifs is 6. The Kier molecular flexibility index (Phi) is 19.0. The van der Waals surface area contributed by atoms with Gasteiger partial charge in [-0.1, -0.05) is 76.1 Å². The Morgan fingerprint density at radius 1 is 0.641 bits per heavy atom. The molecular weight excluding hydrogens is 902 g/mol. The molecule has 0 bridgehead atoms. The summed E-state index contributed by atoms with van der Waals surface area (Å²) >= 11 is 21.8. The first-order chi connectivity index (χ1) is 30.7. The number of hydrogen-bond donors (Lipinski definition) is 4. The van der Waals surface area contributed by atoms with Crippen LogP contribution >= 0.6 is 46.4 Å². The van der Waals surface area contributed by atoms with Crippen LogP contribution in [0.2, 0.25) is 10.0 Å². The van der Waals surface area contributed by atoms with Crippen LogP contribution < -0.4 is 9.47 Å². The summed E-state index contributed by atoms with van der Waals surface area (Å²) in [5, 5.41) is 53.7. The Bertz CT molecular complexity index is 2760. The summed E-state index contributed by atoms with van der Waals surface area (Å²) in [4.78, 5) is 38.2. The number of aromatic amines is 2. The number of ketones is 2. The number of halogens is 4. The highest BCUT2D eigenvalue weighted by Crippen LogP contribution is 2.43. The molecular formula is C46H50Cl4N8O6. The molecule has 1 aliphatic carbocycles. The fraction of sp³-hybridized carbons (Fsp3) is 0.261. The van der Waals surface area contributed by atoms with Crippen LogP contribution in [0.5, 0.6) is 23.0 Å². The lowest BCUT2D eigenvalue weighted by Crippen LogP contribution is -2.18. The fourth-order valence-corrected chi connectivity index (χ4v) is 7.16. The summed E-state index contributed by atoms with van der Waals surface area (Å²) in [6.45, 7) is 5.92. The van der Waals surface area contributed by atoms with Crippen LogP contribution in [0.25, 0.3) is 21.8 Å². The average molecular weight is 957 g/mol. The molecule has 0 saturated heterocycles. The minimum Gasteiger partial charge on any atom is -0.505 e. The molecule has 4 heterocycles. The molecule has 0 atom stereocenters. The third kappa shape index (κ3) is 10.7. The molecule has 3 aliphatic rings. The second-order valence-electron chi connectivity index (χ2n) is 12.8. The molecule has 0 unspecified atom stereocenters. The van der Waals surface area contributed by atoms with Gasteiger partial charge < -0.3 is 29.7 Å². The normalized spacial score (nSPS) is 13.3. The Hall–Kier alpha value is -6.78. The number of rotatable bonds is 2. The number of hydrogen-bond acceptors (Lipinski definition) is 12. The van der Waals surface area contributed by atoms with Gasteiger partial charge in [0.1, 0.15) is 78.2 Å². The van der Waals surface area contributed by atoms with Crippen molar-refractivity contribution in [1.82, 2.24) is 9.97 Å². The standard InChI is InChI=1S/2C13H14N2O.C8H2Cl2N2O2.C8Cl2N2O2.4CH4.2H2/c2*1-8-13-11(5-6-14-8)10-4-3-9(16-2)7-12(10)15-13;2*9-5-6(10)8(14)4(2-12)3(1-11)7(5)13;;;;;;/h2*3-4,7,15H,5-6H2,1-2H3;13-14H;;4*1H4;2*1H/i;;;;;;;;2*1+1D. The van der Waals surface area contributed by atoms with Crippen molar-refractivity contribution >= 4 is 91.2 Å². The number of H-pyrrole nitrogens is 2. The highest BCUT2D eigenvalue weighted by atomic mass is 35.5. The summed E-state index contributed by atoms with van der Waals surface area (Å²) in [6, 6.07) is 18.3. The number of nitrogens with zero attached hydrogens (tertiary/aromatic N) is 6. The van der Waals surface area contributed by atoms with Gasteiger partial charge in [0.2, 0.25) is 11.6 Å². The summed E-state index contributed by atoms with van der Waals surface area (Å²) in [7, 11) is 3.38. The third-order valence-electron chi connectivity index (χ3n) is 9.45. The molecule has 0 fully saturated rings. The van der Waals surface area contributed by atoms with Gasteiger partial charge in [-0.15, -0.1) is 0 Å². The van der Waals surface area contributed by atoms with E-state index in [1.54, 1.807) is 26.4 Å². The SMILES string of the molecule is C.C.C.C.COc1ccc2c3c([nH]c2c1)C(C)=NCC3.COc1ccc2c3c([nH]c2c1)C(C)=NCC3.N#CC1=C(C#N)C(=O)C(Cl)=C(Cl)C1=O.N#Cc1c(O)c(Cl)c(Cl)c(O)c1C#N.[2H][2H].[2H][2H]. The fourth-order valence-electron chi connectivity index (χ4n) is 6.43. The number of Topliss-reactive ketones (excluding diaryl/α,β-unsaturated/α-hetero) is 2. The number of carbonyl (C=O) groups is 2. The summed E-state index contributed by atoms with van der Waals surface area (Å²) in [5.74, 6) is -1.21. The van der Waals surface area contributed by atoms with Crippen LogP contribution in [0, 0.1) is 45.3 Å². The lowest BCUT2D eigenvalue weighted by molar-refractivity contribution is -0.115. The lowest BCUT2D eigenvalue weighted by atomic mass is 9.96. The van der Waals surface area contributed by atoms with Crippen molar-refractivity contribution in [2.24, 2.45) is 9.98 Å². The lowest BCUT2D eigenvalue weighted by Gasteiger charge is -2.09. The van der Waals surface area contributed by atoms with Crippen LogP contribution in [0.4, 0.5) is 0 Å². The van der Waals surface area contributed by atoms with Crippen LogP contribution in [-0.4, -0.2) is 70.5 Å². The monoisotopic (exact) mass is 954 g/mol. The van der Waals surface area contributed by atoms with Gasteiger partial charge in [-0.2, -0.15) is 21.0 Å². The summed E-state index contributed by atoms with van der Waals surface area (Å²) in [6.07, 6.45) is 2.05. The molecule has 4 N–H and O–H groups in total. The average Bonchev–Trinajstić information content (AvgIpc) is 3.91. The van der Waals surface area contributed by atoms with E-state index >= 15 is 0 Å². The van der Waals surface area contributed by atoms with E-state index < -0.39 is 44.3 Å². The van der Waals surface area contributed by atoms with Crippen LogP contribution in [0.3, 0.4) is 0 Å². The molecule has 18 heteroatoms. The number of phenolic OH excluding ortho intramolecular Hbond substituents is 2. The molecule has 338 valence electrons. The molecule has 2 aliphatic heterocycles. The van der Waals surface area contributed by atoms with Gasteiger partial charge >= 0.3 is 0 Å². The molecule has 0 amide bonds. The van der Waals surface area contributed by atoms with E-state index in [1.807, 2.05) is 24.3 Å². The highest BCUT2D eigenvalue weighted by molar-refractivity contribution is 6.59. The van der Waals surface area contributed by atoms with Gasteiger partial charge in [-0.25, -0.2) is 0 Å². The molecule has 3 aromatic carbocycles. The number of nitrogens with one attached hydrogen (secondary N) is 2. The number of benzene rings is 3. The number of methoxy groups -OCH3 is 2. The van der Waals surface area contributed by atoms with E-state index in [1.165, 1.54) is 45.4 Å². The Labute approximate surface area is 398 Å². The first-order valence-electron chi connectivity index (χ1n) is 19.5. The smallest absolute Gasteiger partial charge is 0.218 e. The Morgan fingerprint density at radius 3 is 1.28 bits per heavy atom. The number of aromatic hydroxyl groups is 2. The van der Waals surface area contributed by atoms with Crippen molar-refractivity contribution in [2.45, 2.75) is 56.4 Å². The van der Waals surface area contributed by atoms with Gasteiger partial charge in [0.25, 0.3) is 0 Å².